The summed E-state index contributed by atoms with van der Waals surface area (Å²) in [5.74, 6) is 0.666. The molecule has 5 rings (SSSR count). The molecule has 4 aromatic carbocycles. The van der Waals surface area contributed by atoms with Crippen molar-refractivity contribution in [3.05, 3.63) is 137 Å². The molecule has 0 radical (unpaired) electrons. The summed E-state index contributed by atoms with van der Waals surface area (Å²) in [5, 5.41) is 8.68. The van der Waals surface area contributed by atoms with E-state index >= 15 is 0 Å². The van der Waals surface area contributed by atoms with Crippen LogP contribution in [0.1, 0.15) is 27.7 Å². The summed E-state index contributed by atoms with van der Waals surface area (Å²) in [4.78, 5) is 15.8. The molecule has 0 saturated carbocycles. The smallest absolute Gasteiger partial charge is 0.410 e. The first-order valence-electron chi connectivity index (χ1n) is 12.6. The van der Waals surface area contributed by atoms with Crippen LogP contribution < -0.4 is 10.5 Å². The molecular weight excluding hydrogens is 506 g/mol. The summed E-state index contributed by atoms with van der Waals surface area (Å²) in [5.41, 5.74) is 8.66. The minimum atomic E-state index is -0.531. The van der Waals surface area contributed by atoms with Crippen LogP contribution in [0.2, 0.25) is 0 Å². The first-order chi connectivity index (χ1) is 19.1. The lowest BCUT2D eigenvalue weighted by Crippen LogP contribution is -2.32. The van der Waals surface area contributed by atoms with Crippen LogP contribution in [-0.2, 0) is 17.8 Å². The zero-order valence-electron chi connectivity index (χ0n) is 21.3. The summed E-state index contributed by atoms with van der Waals surface area (Å²) in [6, 6.07) is 37.1. The topological polar surface area (TPSA) is 88.6 Å². The number of carbonyl (C=O) groups is 1. The molecule has 0 bridgehead atoms. The molecule has 0 fully saturated rings. The Bertz CT molecular complexity index is 1500. The number of nitrogen functional groups attached to an aromatic ring is 1. The summed E-state index contributed by atoms with van der Waals surface area (Å²) >= 11 is 1.44. The molecule has 196 valence electrons. The van der Waals surface area contributed by atoms with E-state index in [1.165, 1.54) is 11.3 Å². The van der Waals surface area contributed by atoms with Crippen molar-refractivity contribution in [2.24, 2.45) is 5.73 Å². The highest BCUT2D eigenvalue weighted by Gasteiger charge is 2.22. The van der Waals surface area contributed by atoms with Gasteiger partial charge in [-0.2, -0.15) is 0 Å². The van der Waals surface area contributed by atoms with Crippen molar-refractivity contribution in [2.75, 3.05) is 6.61 Å². The maximum Gasteiger partial charge on any atom is 0.410 e. The number of hydrogen-bond donors (Lipinski definition) is 2. The maximum atomic E-state index is 13.4. The molecule has 1 aromatic heterocycles. The molecule has 3 N–H and O–H groups in total. The van der Waals surface area contributed by atoms with E-state index in [-0.39, 0.29) is 12.4 Å². The van der Waals surface area contributed by atoms with Crippen molar-refractivity contribution in [3.8, 4) is 5.75 Å². The van der Waals surface area contributed by atoms with E-state index in [1.807, 2.05) is 115 Å². The minimum Gasteiger partial charge on any atom is -0.481 e. The number of rotatable bonds is 10. The Kier molecular flexibility index (Phi) is 8.19. The number of fused-ring (bicyclic) bond motifs is 1. The van der Waals surface area contributed by atoms with Gasteiger partial charge in [0.15, 0.2) is 6.10 Å². The van der Waals surface area contributed by atoms with E-state index in [0.717, 1.165) is 26.8 Å². The van der Waals surface area contributed by atoms with E-state index in [9.17, 15) is 4.79 Å². The highest BCUT2D eigenvalue weighted by molar-refractivity contribution is 7.20. The van der Waals surface area contributed by atoms with Crippen LogP contribution in [0, 0.1) is 5.41 Å². The molecule has 0 aliphatic rings. The predicted molar refractivity (Wildman–Crippen MR) is 156 cm³/mol. The molecule has 1 unspecified atom stereocenters. The number of ether oxygens (including phenoxy) is 2. The first-order valence-corrected chi connectivity index (χ1v) is 13.5. The van der Waals surface area contributed by atoms with Gasteiger partial charge in [-0.15, -0.1) is 11.3 Å². The lowest BCUT2D eigenvalue weighted by Gasteiger charge is -2.25. The Morgan fingerprint density at radius 2 is 1.41 bits per heavy atom. The van der Waals surface area contributed by atoms with E-state index in [1.54, 1.807) is 4.90 Å². The predicted octanol–water partition coefficient (Wildman–Crippen LogP) is 7.14. The molecule has 0 spiro atoms. The number of amidine groups is 1. The lowest BCUT2D eigenvalue weighted by atomic mass is 10.1. The van der Waals surface area contributed by atoms with Gasteiger partial charge in [-0.1, -0.05) is 97.1 Å². The molecule has 1 atom stereocenters. The van der Waals surface area contributed by atoms with Crippen molar-refractivity contribution in [1.29, 1.82) is 5.41 Å². The van der Waals surface area contributed by atoms with Gasteiger partial charge in [0.25, 0.3) is 0 Å². The van der Waals surface area contributed by atoms with Crippen LogP contribution in [0.3, 0.4) is 0 Å². The van der Waals surface area contributed by atoms with E-state index < -0.39 is 12.2 Å². The van der Waals surface area contributed by atoms with E-state index in [4.69, 9.17) is 20.6 Å². The van der Waals surface area contributed by atoms with Gasteiger partial charge in [-0.05, 0) is 34.9 Å². The van der Waals surface area contributed by atoms with Crippen molar-refractivity contribution in [1.82, 2.24) is 4.90 Å². The molecule has 0 saturated heterocycles. The Hall–Kier alpha value is -4.62. The van der Waals surface area contributed by atoms with Crippen LogP contribution in [-0.4, -0.2) is 23.4 Å². The molecule has 1 heterocycles. The van der Waals surface area contributed by atoms with Gasteiger partial charge in [0, 0.05) is 23.2 Å². The molecule has 0 aliphatic heterocycles. The number of carbonyl (C=O) groups excluding carboxylic acids is 1. The number of hydrogen-bond acceptors (Lipinski definition) is 5. The van der Waals surface area contributed by atoms with Crippen LogP contribution in [0.15, 0.2) is 115 Å². The van der Waals surface area contributed by atoms with Gasteiger partial charge in [0.1, 0.15) is 18.2 Å². The SMILES string of the molecule is N=C(N)c1cc2c(OC(COC(=O)N(Cc3ccccc3)Cc3ccccc3)c3ccccc3)cccc2s1. The van der Waals surface area contributed by atoms with Crippen LogP contribution >= 0.6 is 11.3 Å². The average Bonchev–Trinajstić information content (AvgIpc) is 3.42. The van der Waals surface area contributed by atoms with Gasteiger partial charge in [0.05, 0.1) is 4.88 Å². The third kappa shape index (κ3) is 6.64. The highest BCUT2D eigenvalue weighted by atomic mass is 32.1. The summed E-state index contributed by atoms with van der Waals surface area (Å²) < 4.78 is 13.3. The number of nitrogens with two attached hydrogens (primary N) is 1. The number of benzene rings is 4. The lowest BCUT2D eigenvalue weighted by molar-refractivity contribution is 0.0548. The van der Waals surface area contributed by atoms with Crippen molar-refractivity contribution < 1.29 is 14.3 Å². The third-order valence-corrected chi connectivity index (χ3v) is 7.41. The highest BCUT2D eigenvalue weighted by Crippen LogP contribution is 2.35. The Morgan fingerprint density at radius 1 is 0.821 bits per heavy atom. The number of amides is 1. The fourth-order valence-corrected chi connectivity index (χ4v) is 5.26. The standard InChI is InChI=1S/C32H29N3O3S/c33-31(34)30-19-26-27(17-10-18-29(26)39-30)38-28(25-15-8-3-9-16-25)22-37-32(36)35(20-23-11-4-1-5-12-23)21-24-13-6-2-7-14-24/h1-19,28H,20-22H2,(H3,33,34). The maximum absolute atomic E-state index is 13.4. The second-order valence-corrected chi connectivity index (χ2v) is 10.2. The second kappa shape index (κ2) is 12.3. The van der Waals surface area contributed by atoms with Crippen LogP contribution in [0.5, 0.6) is 5.75 Å². The largest absolute Gasteiger partial charge is 0.481 e. The third-order valence-electron chi connectivity index (χ3n) is 6.28. The molecule has 39 heavy (non-hydrogen) atoms. The molecule has 6 nitrogen and oxygen atoms in total. The van der Waals surface area contributed by atoms with Gasteiger partial charge >= 0.3 is 6.09 Å². The number of nitrogens with zero attached hydrogens (tertiary/aromatic N) is 1. The molecule has 7 heteroatoms. The number of thiophene rings is 1. The molecule has 5 aromatic rings. The monoisotopic (exact) mass is 535 g/mol. The van der Waals surface area contributed by atoms with Crippen LogP contribution in [0.25, 0.3) is 10.1 Å². The van der Waals surface area contributed by atoms with Crippen molar-refractivity contribution >= 4 is 33.4 Å². The normalized spacial score (nSPS) is 11.6. The quantitative estimate of drug-likeness (QED) is 0.147. The van der Waals surface area contributed by atoms with E-state index in [0.29, 0.717) is 23.7 Å². The molecular formula is C32H29N3O3S. The number of nitrogens with one attached hydrogen (secondary N) is 1. The van der Waals surface area contributed by atoms with Crippen molar-refractivity contribution in [3.63, 3.8) is 0 Å². The van der Waals surface area contributed by atoms with Crippen molar-refractivity contribution in [2.45, 2.75) is 19.2 Å². The Morgan fingerprint density at radius 3 is 2.00 bits per heavy atom. The van der Waals surface area contributed by atoms with E-state index in [2.05, 4.69) is 0 Å². The Balaban J connectivity index is 1.37. The second-order valence-electron chi connectivity index (χ2n) is 9.11. The zero-order chi connectivity index (χ0) is 27.0. The van der Waals surface area contributed by atoms with Gasteiger partial charge in [-0.3, -0.25) is 10.3 Å². The van der Waals surface area contributed by atoms with Gasteiger partial charge in [0.2, 0.25) is 0 Å². The summed E-state index contributed by atoms with van der Waals surface area (Å²) in [6.07, 6.45) is -0.948. The minimum absolute atomic E-state index is 0.0209. The fourth-order valence-electron chi connectivity index (χ4n) is 4.32. The Labute approximate surface area is 231 Å². The van der Waals surface area contributed by atoms with Crippen LogP contribution in [0.4, 0.5) is 4.79 Å². The average molecular weight is 536 g/mol. The first kappa shape index (κ1) is 26.0. The van der Waals surface area contributed by atoms with Gasteiger partial charge < -0.3 is 15.2 Å². The zero-order valence-corrected chi connectivity index (χ0v) is 22.1. The fraction of sp³-hybridized carbons (Fsp3) is 0.125. The van der Waals surface area contributed by atoms with Gasteiger partial charge in [-0.25, -0.2) is 4.79 Å². The molecule has 1 amide bonds. The summed E-state index contributed by atoms with van der Waals surface area (Å²) in [7, 11) is 0. The summed E-state index contributed by atoms with van der Waals surface area (Å²) in [6.45, 7) is 0.879. The molecule has 0 aliphatic carbocycles.